The number of pyridine rings is 1. The van der Waals surface area contributed by atoms with Crippen LogP contribution in [-0.2, 0) is 56.0 Å². The van der Waals surface area contributed by atoms with Gasteiger partial charge in [0.15, 0.2) is 6.54 Å². The van der Waals surface area contributed by atoms with Crippen LogP contribution in [0.3, 0.4) is 0 Å². The normalized spacial score (nSPS) is 13.2. The molecule has 89 heavy (non-hydrogen) atoms. The molecule has 0 amide bonds. The van der Waals surface area contributed by atoms with Gasteiger partial charge in [-0.15, -0.1) is 0 Å². The van der Waals surface area contributed by atoms with E-state index in [1.807, 2.05) is 0 Å². The van der Waals surface area contributed by atoms with Gasteiger partial charge in [0, 0.05) is 22.4 Å². The van der Waals surface area contributed by atoms with Crippen molar-refractivity contribution in [3.05, 3.63) is 244 Å². The molecule has 0 spiro atoms. The maximum Gasteiger partial charge on any atom is 0.416 e. The maximum atomic E-state index is 14.2. The highest BCUT2D eigenvalue weighted by Gasteiger charge is 2.47. The zero-order valence-electron chi connectivity index (χ0n) is 44.2. The number of benzene rings is 9. The molecule has 0 saturated carbocycles. The van der Waals surface area contributed by atoms with E-state index in [0.717, 1.165) is 29.1 Å². The van der Waals surface area contributed by atoms with Crippen LogP contribution in [0.2, 0.25) is 0 Å². The average molecular weight is 1280 g/mol. The van der Waals surface area contributed by atoms with Crippen molar-refractivity contribution in [3.8, 4) is 11.6 Å². The molecule has 2 nitrogen and oxygen atoms in total. The lowest BCUT2D eigenvalue weighted by atomic mass is 9.12. The van der Waals surface area contributed by atoms with Crippen LogP contribution >= 0.6 is 0 Å². The topological polar surface area (TPSA) is 13.1 Å². The van der Waals surface area contributed by atoms with E-state index in [4.69, 9.17) is 4.74 Å². The summed E-state index contributed by atoms with van der Waals surface area (Å²) in [5.41, 5.74) is -27.8. The number of hydrogen-bond acceptors (Lipinski definition) is 1. The maximum absolute atomic E-state index is 14.2. The molecular formula is C62H34BF24NO. The zero-order valence-corrected chi connectivity index (χ0v) is 44.2. The van der Waals surface area contributed by atoms with Crippen molar-refractivity contribution < 1.29 is 115 Å². The third kappa shape index (κ3) is 13.7. The summed E-state index contributed by atoms with van der Waals surface area (Å²) in [7, 11) is 0. The molecule has 27 heteroatoms. The first-order chi connectivity index (χ1) is 41.1. The summed E-state index contributed by atoms with van der Waals surface area (Å²) in [6, 6.07) is 33.5. The Morgan fingerprint density at radius 2 is 0.584 bits per heavy atom. The minimum Gasteiger partial charge on any atom is -0.404 e. The number of ether oxygens (including phenoxy) is 1. The number of aromatic nitrogens is 1. The fraction of sp³-hybridized carbons (Fsp3) is 0.145. The van der Waals surface area contributed by atoms with E-state index in [-0.39, 0.29) is 0 Å². The van der Waals surface area contributed by atoms with Crippen molar-refractivity contribution in [1.29, 1.82) is 0 Å². The lowest BCUT2D eigenvalue weighted by Crippen LogP contribution is -2.75. The number of alkyl halides is 24. The Bertz CT molecular complexity index is 3830. The van der Waals surface area contributed by atoms with Gasteiger partial charge in [-0.2, -0.15) is 132 Å². The number of para-hydroxylation sites is 1. The monoisotopic (exact) mass is 1280 g/mol. The van der Waals surface area contributed by atoms with Gasteiger partial charge in [-0.25, -0.2) is 0 Å². The second kappa shape index (κ2) is 22.9. The molecule has 0 N–H and O–H groups in total. The molecule has 10 aromatic rings. The van der Waals surface area contributed by atoms with Crippen LogP contribution in [-0.4, -0.2) is 6.15 Å². The van der Waals surface area contributed by atoms with Crippen molar-refractivity contribution >= 4 is 60.4 Å². The standard InChI is InChI=1S/C32H12BF24.C30H22NO/c34-25(35,36)13-1-14(26(37,38)39)6-21(5-13)33(22-7-15(27(40,41)42)2-16(8-22)28(43,44)45,23-9-17(29(46,47)48)3-18(10-23)30(49,50)51)24-11-19(31(52,53)54)4-20(12-24)32(55,56)57;1-2-10-22(11-3-1)21-31-28-17-9-5-12-23(28)18-19-30(31)32-29-20-24-13-4-6-14-25(24)26-15-7-8-16-27(26)29/h1-12H;1-20H,21H2/q-1;+1. The molecule has 0 aliphatic heterocycles. The van der Waals surface area contributed by atoms with Gasteiger partial charge in [0.05, 0.1) is 50.6 Å². The fourth-order valence-corrected chi connectivity index (χ4v) is 10.5. The average Bonchev–Trinajstić information content (AvgIpc) is 0.763. The second-order valence-corrected chi connectivity index (χ2v) is 20.3. The summed E-state index contributed by atoms with van der Waals surface area (Å²) in [5, 5.41) is 5.93. The lowest BCUT2D eigenvalue weighted by molar-refractivity contribution is -0.666. The molecule has 0 fully saturated rings. The van der Waals surface area contributed by atoms with Gasteiger partial charge in [-0.3, -0.25) is 0 Å². The third-order valence-electron chi connectivity index (χ3n) is 14.5. The summed E-state index contributed by atoms with van der Waals surface area (Å²) < 4.78 is 350. The van der Waals surface area contributed by atoms with Gasteiger partial charge >= 0.3 is 55.3 Å². The minimum absolute atomic E-state index is 0.691. The fourth-order valence-electron chi connectivity index (χ4n) is 10.5. The third-order valence-corrected chi connectivity index (χ3v) is 14.5. The minimum atomic E-state index is -6.13. The van der Waals surface area contributed by atoms with Crippen LogP contribution in [0.15, 0.2) is 194 Å². The molecular weight excluding hydrogens is 1240 g/mol. The van der Waals surface area contributed by atoms with Crippen LogP contribution in [0.1, 0.15) is 50.1 Å². The Kier molecular flexibility index (Phi) is 16.6. The number of rotatable bonds is 8. The van der Waals surface area contributed by atoms with Crippen LogP contribution in [0, 0.1) is 0 Å². The molecule has 1 aromatic heterocycles. The Morgan fingerprint density at radius 1 is 0.281 bits per heavy atom. The van der Waals surface area contributed by atoms with E-state index in [9.17, 15) is 105 Å². The molecule has 464 valence electrons. The van der Waals surface area contributed by atoms with E-state index in [2.05, 4.69) is 126 Å². The number of halogens is 24. The van der Waals surface area contributed by atoms with Crippen LogP contribution in [0.25, 0.3) is 32.4 Å². The SMILES string of the molecule is FC(F)(F)c1cc([B-](c2cc(C(F)(F)F)cc(C(F)(F)F)c2)(c2cc(C(F)(F)F)cc(C(F)(F)F)c2)c2cc(C(F)(F)F)cc(C(F)(F)F)c2)cc(C(F)(F)F)c1.c1ccc(C[n+]2c(Oc3cc4ccccc4c4ccccc34)ccc3ccccc32)cc1. The Labute approximate surface area is 485 Å². The van der Waals surface area contributed by atoms with Gasteiger partial charge in [-0.05, 0) is 58.6 Å². The number of hydrogen-bond donors (Lipinski definition) is 0. The molecule has 0 saturated heterocycles. The first-order valence-electron chi connectivity index (χ1n) is 25.5. The summed E-state index contributed by atoms with van der Waals surface area (Å²) in [4.78, 5) is 0. The smallest absolute Gasteiger partial charge is 0.404 e. The number of nitrogens with zero attached hydrogens (tertiary/aromatic N) is 1. The van der Waals surface area contributed by atoms with Gasteiger partial charge < -0.3 is 4.74 Å². The van der Waals surface area contributed by atoms with E-state index in [1.54, 1.807) is 0 Å². The van der Waals surface area contributed by atoms with Crippen molar-refractivity contribution in [3.63, 3.8) is 0 Å². The first kappa shape index (κ1) is 64.6. The number of fused-ring (bicyclic) bond motifs is 4. The van der Waals surface area contributed by atoms with Crippen LogP contribution in [0.5, 0.6) is 11.6 Å². The lowest BCUT2D eigenvalue weighted by Gasteiger charge is -2.46. The Balaban J connectivity index is 0.000000245. The van der Waals surface area contributed by atoms with Crippen molar-refractivity contribution in [2.24, 2.45) is 0 Å². The summed E-state index contributed by atoms with van der Waals surface area (Å²) in [6.45, 7) is 0.739. The Hall–Kier alpha value is -8.91. The summed E-state index contributed by atoms with van der Waals surface area (Å²) in [6.07, 6.45) is -54.8. The molecule has 0 radical (unpaired) electrons. The highest BCUT2D eigenvalue weighted by molar-refractivity contribution is 7.20. The molecule has 1 heterocycles. The predicted octanol–water partition coefficient (Wildman–Crippen LogP) is 18.5. The molecule has 9 aromatic carbocycles. The highest BCUT2D eigenvalue weighted by Crippen LogP contribution is 2.43. The van der Waals surface area contributed by atoms with E-state index < -0.39 is 195 Å². The largest absolute Gasteiger partial charge is 0.416 e. The van der Waals surface area contributed by atoms with Crippen molar-refractivity contribution in [2.45, 2.75) is 56.0 Å². The van der Waals surface area contributed by atoms with Crippen molar-refractivity contribution in [1.82, 2.24) is 0 Å². The second-order valence-electron chi connectivity index (χ2n) is 20.3. The van der Waals surface area contributed by atoms with Crippen molar-refractivity contribution in [2.75, 3.05) is 0 Å². The summed E-state index contributed by atoms with van der Waals surface area (Å²) in [5.74, 6) is 1.70. The highest BCUT2D eigenvalue weighted by atomic mass is 19.4. The Morgan fingerprint density at radius 3 is 0.944 bits per heavy atom. The van der Waals surface area contributed by atoms with E-state index >= 15 is 0 Å². The zero-order chi connectivity index (χ0) is 65.2. The molecule has 0 bridgehead atoms. The first-order valence-corrected chi connectivity index (χ1v) is 25.5. The van der Waals surface area contributed by atoms with Crippen LogP contribution in [0.4, 0.5) is 105 Å². The summed E-state index contributed by atoms with van der Waals surface area (Å²) >= 11 is 0. The van der Waals surface area contributed by atoms with Gasteiger partial charge in [-0.1, -0.05) is 140 Å². The van der Waals surface area contributed by atoms with Crippen LogP contribution < -0.4 is 31.2 Å². The molecule has 0 unspecified atom stereocenters. The predicted molar refractivity (Wildman–Crippen MR) is 281 cm³/mol. The molecule has 0 aliphatic rings. The molecule has 10 rings (SSSR count). The van der Waals surface area contributed by atoms with Gasteiger partial charge in [0.1, 0.15) is 11.9 Å². The molecule has 0 aliphatic carbocycles. The quantitative estimate of drug-likeness (QED) is 0.0640. The van der Waals surface area contributed by atoms with Gasteiger partial charge in [0.25, 0.3) is 0 Å². The van der Waals surface area contributed by atoms with Gasteiger partial charge in [0.2, 0.25) is 5.52 Å². The van der Waals surface area contributed by atoms with E-state index in [1.165, 1.54) is 27.1 Å². The molecule has 0 atom stereocenters. The van der Waals surface area contributed by atoms with E-state index in [0.29, 0.717) is 0 Å².